The molecule has 0 saturated carbocycles. The molecule has 3 rings (SSSR count). The normalized spacial score (nSPS) is 10.6. The summed E-state index contributed by atoms with van der Waals surface area (Å²) in [5.74, 6) is 0.586. The number of aryl methyl sites for hydroxylation is 2. The summed E-state index contributed by atoms with van der Waals surface area (Å²) in [6.07, 6.45) is 0.389. The van der Waals surface area contributed by atoms with Crippen molar-refractivity contribution in [1.29, 1.82) is 0 Å². The van der Waals surface area contributed by atoms with Gasteiger partial charge in [-0.3, -0.25) is 4.79 Å². The van der Waals surface area contributed by atoms with Crippen LogP contribution in [-0.2, 0) is 4.79 Å². The molecule has 0 saturated heterocycles. The van der Waals surface area contributed by atoms with Crippen molar-refractivity contribution in [3.63, 3.8) is 0 Å². The van der Waals surface area contributed by atoms with Crippen LogP contribution in [0.5, 0.6) is 0 Å². The molecule has 7 heteroatoms. The molecule has 0 aliphatic heterocycles. The van der Waals surface area contributed by atoms with E-state index in [2.05, 4.69) is 26.9 Å². The highest BCUT2D eigenvalue weighted by Crippen LogP contribution is 2.20. The van der Waals surface area contributed by atoms with Gasteiger partial charge in [-0.2, -0.15) is 4.68 Å². The van der Waals surface area contributed by atoms with Crippen LogP contribution < -0.4 is 5.32 Å². The number of aromatic nitrogens is 4. The van der Waals surface area contributed by atoms with Gasteiger partial charge >= 0.3 is 0 Å². The number of benzene rings is 2. The third-order valence-corrected chi connectivity index (χ3v) is 4.58. The van der Waals surface area contributed by atoms with Crippen LogP contribution in [0.4, 0.5) is 5.69 Å². The van der Waals surface area contributed by atoms with Crippen molar-refractivity contribution in [3.05, 3.63) is 59.7 Å². The molecule has 1 N–H and O–H groups in total. The van der Waals surface area contributed by atoms with Gasteiger partial charge in [0.2, 0.25) is 11.1 Å². The van der Waals surface area contributed by atoms with Crippen molar-refractivity contribution in [2.45, 2.75) is 25.4 Å². The number of para-hydroxylation sites is 1. The first-order chi connectivity index (χ1) is 12.1. The van der Waals surface area contributed by atoms with Gasteiger partial charge in [0.1, 0.15) is 0 Å². The van der Waals surface area contributed by atoms with Gasteiger partial charge in [0, 0.05) is 17.9 Å². The topological polar surface area (TPSA) is 72.7 Å². The summed E-state index contributed by atoms with van der Waals surface area (Å²) in [6, 6.07) is 15.7. The molecular formula is C18H19N5OS. The molecule has 0 fully saturated rings. The van der Waals surface area contributed by atoms with Crippen LogP contribution in [0.15, 0.2) is 53.7 Å². The van der Waals surface area contributed by atoms with Gasteiger partial charge in [-0.05, 0) is 48.0 Å². The molecule has 1 aromatic heterocycles. The number of carbonyl (C=O) groups excluding carboxylic acids is 1. The Hall–Kier alpha value is -2.67. The lowest BCUT2D eigenvalue weighted by Crippen LogP contribution is -2.13. The van der Waals surface area contributed by atoms with E-state index in [4.69, 9.17) is 0 Å². The average molecular weight is 353 g/mol. The summed E-state index contributed by atoms with van der Waals surface area (Å²) in [6.45, 7) is 4.03. The molecule has 0 spiro atoms. The van der Waals surface area contributed by atoms with Gasteiger partial charge in [0.05, 0.1) is 5.69 Å². The van der Waals surface area contributed by atoms with E-state index >= 15 is 0 Å². The van der Waals surface area contributed by atoms with E-state index in [0.29, 0.717) is 17.3 Å². The fourth-order valence-electron chi connectivity index (χ4n) is 2.40. The minimum absolute atomic E-state index is 0.0156. The Morgan fingerprint density at radius 3 is 2.72 bits per heavy atom. The predicted octanol–water partition coefficient (Wildman–Crippen LogP) is 3.40. The molecule has 0 aliphatic rings. The van der Waals surface area contributed by atoms with Crippen molar-refractivity contribution in [3.8, 4) is 5.69 Å². The quantitative estimate of drug-likeness (QED) is 0.688. The molecule has 6 nitrogen and oxygen atoms in total. The molecular weight excluding hydrogens is 334 g/mol. The second kappa shape index (κ2) is 7.94. The summed E-state index contributed by atoms with van der Waals surface area (Å²) in [4.78, 5) is 12.2. The molecule has 3 aromatic rings. The number of thioether (sulfide) groups is 1. The number of carbonyl (C=O) groups is 1. The van der Waals surface area contributed by atoms with Gasteiger partial charge in [0.25, 0.3) is 0 Å². The van der Waals surface area contributed by atoms with Crippen LogP contribution in [0, 0.1) is 13.8 Å². The Morgan fingerprint density at radius 2 is 1.96 bits per heavy atom. The van der Waals surface area contributed by atoms with Gasteiger partial charge in [0.15, 0.2) is 0 Å². The van der Waals surface area contributed by atoms with Crippen molar-refractivity contribution in [2.75, 3.05) is 11.1 Å². The SMILES string of the molecule is Cc1ccc(NC(=O)CCSc2nnnn2-c2ccccc2)c(C)c1. The van der Waals surface area contributed by atoms with E-state index in [1.54, 1.807) is 4.68 Å². The fraction of sp³-hybridized carbons (Fsp3) is 0.222. The van der Waals surface area contributed by atoms with Crippen LogP contribution in [-0.4, -0.2) is 31.9 Å². The number of anilines is 1. The van der Waals surface area contributed by atoms with Gasteiger partial charge in [-0.1, -0.05) is 47.7 Å². The number of nitrogens with zero attached hydrogens (tertiary/aromatic N) is 4. The summed E-state index contributed by atoms with van der Waals surface area (Å²) in [5, 5.41) is 15.4. The number of tetrazole rings is 1. The zero-order valence-electron chi connectivity index (χ0n) is 14.1. The molecule has 25 heavy (non-hydrogen) atoms. The summed E-state index contributed by atoms with van der Waals surface area (Å²) >= 11 is 1.46. The molecule has 128 valence electrons. The van der Waals surface area contributed by atoms with E-state index in [1.807, 2.05) is 56.3 Å². The van der Waals surface area contributed by atoms with E-state index < -0.39 is 0 Å². The molecule has 1 heterocycles. The van der Waals surface area contributed by atoms with Crippen LogP contribution in [0.3, 0.4) is 0 Å². The zero-order valence-corrected chi connectivity index (χ0v) is 15.0. The van der Waals surface area contributed by atoms with E-state index in [0.717, 1.165) is 16.9 Å². The third kappa shape index (κ3) is 4.45. The van der Waals surface area contributed by atoms with Crippen molar-refractivity contribution < 1.29 is 4.79 Å². The van der Waals surface area contributed by atoms with Gasteiger partial charge in [-0.25, -0.2) is 0 Å². The smallest absolute Gasteiger partial charge is 0.225 e. The maximum absolute atomic E-state index is 12.2. The highest BCUT2D eigenvalue weighted by molar-refractivity contribution is 7.99. The second-order valence-electron chi connectivity index (χ2n) is 5.67. The first-order valence-electron chi connectivity index (χ1n) is 7.97. The highest BCUT2D eigenvalue weighted by atomic mass is 32.2. The Balaban J connectivity index is 1.55. The molecule has 0 atom stereocenters. The van der Waals surface area contributed by atoms with Crippen LogP contribution in [0.1, 0.15) is 17.5 Å². The monoisotopic (exact) mass is 353 g/mol. The molecule has 0 unspecified atom stereocenters. The molecule has 2 aromatic carbocycles. The number of rotatable bonds is 6. The van der Waals surface area contributed by atoms with E-state index in [-0.39, 0.29) is 5.91 Å². The standard InChI is InChI=1S/C18H19N5OS/c1-13-8-9-16(14(2)12-13)19-17(24)10-11-25-18-20-21-22-23(18)15-6-4-3-5-7-15/h3-9,12H,10-11H2,1-2H3,(H,19,24). The number of amides is 1. The first-order valence-corrected chi connectivity index (χ1v) is 8.96. The zero-order chi connectivity index (χ0) is 17.6. The third-order valence-electron chi connectivity index (χ3n) is 3.66. The van der Waals surface area contributed by atoms with Gasteiger partial charge < -0.3 is 5.32 Å². The predicted molar refractivity (Wildman–Crippen MR) is 99.0 cm³/mol. The van der Waals surface area contributed by atoms with Crippen molar-refractivity contribution >= 4 is 23.4 Å². The van der Waals surface area contributed by atoms with Crippen LogP contribution in [0.2, 0.25) is 0 Å². The Labute approximate surface area is 150 Å². The van der Waals surface area contributed by atoms with E-state index in [9.17, 15) is 4.79 Å². The molecule has 0 bridgehead atoms. The minimum atomic E-state index is -0.0156. The van der Waals surface area contributed by atoms with Gasteiger partial charge in [-0.15, -0.1) is 5.10 Å². The molecule has 0 aliphatic carbocycles. The highest BCUT2D eigenvalue weighted by Gasteiger charge is 2.10. The van der Waals surface area contributed by atoms with E-state index in [1.165, 1.54) is 17.3 Å². The minimum Gasteiger partial charge on any atom is -0.326 e. The summed E-state index contributed by atoms with van der Waals surface area (Å²) in [5.41, 5.74) is 4.00. The Bertz CT molecular complexity index is 863. The van der Waals surface area contributed by atoms with Crippen molar-refractivity contribution in [2.24, 2.45) is 0 Å². The van der Waals surface area contributed by atoms with Crippen LogP contribution in [0.25, 0.3) is 5.69 Å². The number of nitrogens with one attached hydrogen (secondary N) is 1. The first kappa shape index (κ1) is 17.2. The maximum Gasteiger partial charge on any atom is 0.225 e. The Kier molecular flexibility index (Phi) is 5.45. The second-order valence-corrected chi connectivity index (χ2v) is 6.74. The van der Waals surface area contributed by atoms with Crippen molar-refractivity contribution in [1.82, 2.24) is 20.2 Å². The lowest BCUT2D eigenvalue weighted by atomic mass is 10.1. The summed E-state index contributed by atoms with van der Waals surface area (Å²) < 4.78 is 1.67. The number of hydrogen-bond acceptors (Lipinski definition) is 5. The number of hydrogen-bond donors (Lipinski definition) is 1. The Morgan fingerprint density at radius 1 is 1.16 bits per heavy atom. The lowest BCUT2D eigenvalue weighted by Gasteiger charge is -2.09. The molecule has 0 radical (unpaired) electrons. The fourth-order valence-corrected chi connectivity index (χ4v) is 3.23. The molecule has 1 amide bonds. The maximum atomic E-state index is 12.2. The van der Waals surface area contributed by atoms with Crippen LogP contribution >= 0.6 is 11.8 Å². The lowest BCUT2D eigenvalue weighted by molar-refractivity contribution is -0.115. The largest absolute Gasteiger partial charge is 0.326 e. The average Bonchev–Trinajstić information content (AvgIpc) is 3.07. The summed E-state index contributed by atoms with van der Waals surface area (Å²) in [7, 11) is 0.